The zero-order chi connectivity index (χ0) is 19.2. The Bertz CT molecular complexity index is 837. The highest BCUT2D eigenvalue weighted by molar-refractivity contribution is 5.98. The lowest BCUT2D eigenvalue weighted by Gasteiger charge is -2.34. The average molecular weight is 367 g/mol. The molecular formula is C18H16F3NO4. The van der Waals surface area contributed by atoms with E-state index in [-0.39, 0.29) is 16.7 Å². The summed E-state index contributed by atoms with van der Waals surface area (Å²) in [6.07, 6.45) is -3.35. The second-order valence-corrected chi connectivity index (χ2v) is 6.28. The number of carbonyl (C=O) groups is 2. The van der Waals surface area contributed by atoms with Crippen molar-refractivity contribution in [2.24, 2.45) is 0 Å². The number of hydrogen-bond acceptors (Lipinski definition) is 3. The number of halogens is 3. The number of carboxylic acids is 2. The Hall–Kier alpha value is -2.77. The fourth-order valence-electron chi connectivity index (χ4n) is 3.71. The normalized spacial score (nSPS) is 20.5. The Labute approximate surface area is 147 Å². The minimum Gasteiger partial charge on any atom is -0.478 e. The van der Waals surface area contributed by atoms with Crippen LogP contribution in [0.3, 0.4) is 0 Å². The predicted octanol–water partition coefficient (Wildman–Crippen LogP) is 3.60. The van der Waals surface area contributed by atoms with Crippen molar-refractivity contribution in [3.05, 3.63) is 57.9 Å². The number of fused-ring (bicyclic) bond motifs is 1. The minimum absolute atomic E-state index is 0.0785. The Balaban J connectivity index is 2.19. The number of hydrogen-bond donors (Lipinski definition) is 2. The third-order valence-electron chi connectivity index (χ3n) is 4.84. The summed E-state index contributed by atoms with van der Waals surface area (Å²) in [7, 11) is 0. The molecule has 138 valence electrons. The van der Waals surface area contributed by atoms with E-state index in [1.165, 1.54) is 0 Å². The van der Waals surface area contributed by atoms with Gasteiger partial charge >= 0.3 is 18.1 Å². The van der Waals surface area contributed by atoms with E-state index in [4.69, 9.17) is 0 Å². The van der Waals surface area contributed by atoms with Gasteiger partial charge in [0.05, 0.1) is 22.6 Å². The molecule has 0 aliphatic carbocycles. The van der Waals surface area contributed by atoms with Crippen LogP contribution in [0.4, 0.5) is 13.2 Å². The predicted molar refractivity (Wildman–Crippen MR) is 85.1 cm³/mol. The molecule has 1 unspecified atom stereocenters. The van der Waals surface area contributed by atoms with Gasteiger partial charge in [-0.3, -0.25) is 0 Å². The van der Waals surface area contributed by atoms with Crippen molar-refractivity contribution in [1.82, 2.24) is 4.90 Å². The molecule has 1 aromatic rings. The van der Waals surface area contributed by atoms with Gasteiger partial charge in [0.1, 0.15) is 0 Å². The van der Waals surface area contributed by atoms with Crippen LogP contribution in [0.1, 0.15) is 36.8 Å². The highest BCUT2D eigenvalue weighted by Crippen LogP contribution is 2.45. The van der Waals surface area contributed by atoms with E-state index in [1.54, 1.807) is 11.8 Å². The van der Waals surface area contributed by atoms with Gasteiger partial charge < -0.3 is 15.1 Å². The van der Waals surface area contributed by atoms with Gasteiger partial charge in [-0.2, -0.15) is 13.2 Å². The molecule has 0 saturated carbocycles. The van der Waals surface area contributed by atoms with Crippen LogP contribution in [-0.2, 0) is 15.8 Å². The number of rotatable bonds is 3. The van der Waals surface area contributed by atoms with Crippen molar-refractivity contribution in [2.45, 2.75) is 31.9 Å². The molecule has 0 radical (unpaired) electrons. The van der Waals surface area contributed by atoms with Gasteiger partial charge in [-0.25, -0.2) is 9.59 Å². The lowest BCUT2D eigenvalue weighted by molar-refractivity contribution is -0.138. The van der Waals surface area contributed by atoms with E-state index in [9.17, 15) is 33.0 Å². The molecule has 0 spiro atoms. The van der Waals surface area contributed by atoms with Crippen molar-refractivity contribution in [3.8, 4) is 0 Å². The number of aliphatic carboxylic acids is 2. The number of benzene rings is 1. The average Bonchev–Trinajstić information content (AvgIpc) is 3.02. The molecule has 2 heterocycles. The van der Waals surface area contributed by atoms with E-state index in [1.807, 2.05) is 0 Å². The summed E-state index contributed by atoms with van der Waals surface area (Å²) >= 11 is 0. The summed E-state index contributed by atoms with van der Waals surface area (Å²) in [4.78, 5) is 25.4. The fourth-order valence-corrected chi connectivity index (χ4v) is 3.71. The first-order valence-electron chi connectivity index (χ1n) is 7.98. The summed E-state index contributed by atoms with van der Waals surface area (Å²) in [5, 5.41) is 19.4. The van der Waals surface area contributed by atoms with Crippen LogP contribution in [0.25, 0.3) is 0 Å². The molecule has 26 heavy (non-hydrogen) atoms. The van der Waals surface area contributed by atoms with Crippen molar-refractivity contribution in [1.29, 1.82) is 0 Å². The molecule has 0 amide bonds. The summed E-state index contributed by atoms with van der Waals surface area (Å²) in [6.45, 7) is 2.12. The molecular weight excluding hydrogens is 351 g/mol. The summed E-state index contributed by atoms with van der Waals surface area (Å²) in [5.74, 6) is -3.66. The lowest BCUT2D eigenvalue weighted by Crippen LogP contribution is -2.32. The van der Waals surface area contributed by atoms with Gasteiger partial charge in [0, 0.05) is 17.9 Å². The summed E-state index contributed by atoms with van der Waals surface area (Å²) in [5.41, 5.74) is 0.107. The fraction of sp³-hybridized carbons (Fsp3) is 0.333. The van der Waals surface area contributed by atoms with Crippen molar-refractivity contribution in [3.63, 3.8) is 0 Å². The van der Waals surface area contributed by atoms with Gasteiger partial charge in [0.25, 0.3) is 0 Å². The van der Waals surface area contributed by atoms with Crippen LogP contribution in [0.5, 0.6) is 0 Å². The highest BCUT2D eigenvalue weighted by Gasteiger charge is 2.42. The Morgan fingerprint density at radius 3 is 2.15 bits per heavy atom. The number of carboxylic acid groups (broad SMARTS) is 2. The van der Waals surface area contributed by atoms with E-state index >= 15 is 0 Å². The first-order chi connectivity index (χ1) is 12.1. The third-order valence-corrected chi connectivity index (χ3v) is 4.84. The van der Waals surface area contributed by atoms with E-state index in [0.717, 1.165) is 24.3 Å². The molecule has 1 atom stereocenters. The summed E-state index contributed by atoms with van der Waals surface area (Å²) < 4.78 is 38.4. The Morgan fingerprint density at radius 2 is 1.65 bits per heavy atom. The Morgan fingerprint density at radius 1 is 1.08 bits per heavy atom. The van der Waals surface area contributed by atoms with Gasteiger partial charge in [0.15, 0.2) is 0 Å². The molecule has 0 bridgehead atoms. The maximum atomic E-state index is 12.8. The van der Waals surface area contributed by atoms with Crippen LogP contribution in [0.15, 0.2) is 46.8 Å². The third kappa shape index (κ3) is 2.85. The molecule has 2 aliphatic rings. The lowest BCUT2D eigenvalue weighted by atomic mass is 9.79. The first-order valence-corrected chi connectivity index (χ1v) is 7.98. The quantitative estimate of drug-likeness (QED) is 0.854. The zero-order valence-corrected chi connectivity index (χ0v) is 13.8. The molecule has 5 nitrogen and oxygen atoms in total. The second-order valence-electron chi connectivity index (χ2n) is 6.28. The van der Waals surface area contributed by atoms with Crippen LogP contribution >= 0.6 is 0 Å². The maximum absolute atomic E-state index is 12.8. The van der Waals surface area contributed by atoms with Crippen molar-refractivity contribution < 1.29 is 33.0 Å². The summed E-state index contributed by atoms with van der Waals surface area (Å²) in [6, 6.07) is 3.99. The smallest absolute Gasteiger partial charge is 0.416 e. The molecule has 2 N–H and O–H groups in total. The molecule has 8 heteroatoms. The number of allylic oxidation sites excluding steroid dienone is 2. The van der Waals surface area contributed by atoms with Gasteiger partial charge in [-0.1, -0.05) is 12.1 Å². The molecule has 1 fully saturated rings. The van der Waals surface area contributed by atoms with E-state index in [0.29, 0.717) is 30.8 Å². The minimum atomic E-state index is -4.52. The van der Waals surface area contributed by atoms with Gasteiger partial charge in [-0.15, -0.1) is 0 Å². The van der Waals surface area contributed by atoms with Crippen LogP contribution in [0.2, 0.25) is 0 Å². The first kappa shape index (κ1) is 18.0. The number of nitrogens with zero attached hydrogens (tertiary/aromatic N) is 1. The van der Waals surface area contributed by atoms with Crippen LogP contribution in [0, 0.1) is 0 Å². The van der Waals surface area contributed by atoms with Gasteiger partial charge in [0.2, 0.25) is 0 Å². The molecule has 0 aromatic heterocycles. The molecule has 1 saturated heterocycles. The SMILES string of the molecule is CC1=C(C(=O)O)C(c2ccc(C(F)(F)F)cc2)C(C(=O)O)=C2CCCN12. The van der Waals surface area contributed by atoms with Crippen LogP contribution in [-0.4, -0.2) is 33.6 Å². The topological polar surface area (TPSA) is 77.8 Å². The van der Waals surface area contributed by atoms with Crippen molar-refractivity contribution >= 4 is 11.9 Å². The molecule has 1 aromatic carbocycles. The molecule has 3 rings (SSSR count). The molecule has 2 aliphatic heterocycles. The maximum Gasteiger partial charge on any atom is 0.416 e. The largest absolute Gasteiger partial charge is 0.478 e. The van der Waals surface area contributed by atoms with E-state index < -0.39 is 29.6 Å². The van der Waals surface area contributed by atoms with Crippen LogP contribution < -0.4 is 0 Å². The highest BCUT2D eigenvalue weighted by atomic mass is 19.4. The Kier molecular flexibility index (Phi) is 4.29. The van der Waals surface area contributed by atoms with Gasteiger partial charge in [-0.05, 0) is 37.5 Å². The zero-order valence-electron chi connectivity index (χ0n) is 13.8. The monoisotopic (exact) mass is 367 g/mol. The van der Waals surface area contributed by atoms with E-state index in [2.05, 4.69) is 0 Å². The standard InChI is InChI=1S/C18H16F3NO4/c1-9-13(16(23)24)14(10-4-6-11(7-5-10)18(19,20)21)15(17(25)26)12-3-2-8-22(9)12/h4-7,14H,2-3,8H2,1H3,(H,23,24)(H,25,26). The van der Waals surface area contributed by atoms with Crippen molar-refractivity contribution in [2.75, 3.05) is 6.54 Å². The number of alkyl halides is 3. The second kappa shape index (κ2) is 6.19.